The highest BCUT2D eigenvalue weighted by atomic mass is 16.5. The molecule has 1 atom stereocenters. The first kappa shape index (κ1) is 29.2. The fraction of sp³-hybridized carbons (Fsp3) is 0.633. The van der Waals surface area contributed by atoms with Crippen LogP contribution in [-0.4, -0.2) is 37.1 Å². The summed E-state index contributed by atoms with van der Waals surface area (Å²) in [6.07, 6.45) is 33.7. The first-order chi connectivity index (χ1) is 16.0. The largest absolute Gasteiger partial charge is 0.381 e. The van der Waals surface area contributed by atoms with Gasteiger partial charge < -0.3 is 9.64 Å². The van der Waals surface area contributed by atoms with Gasteiger partial charge in [0.15, 0.2) is 0 Å². The molecule has 1 amide bonds. The van der Waals surface area contributed by atoms with Gasteiger partial charge in [0, 0.05) is 25.6 Å². The van der Waals surface area contributed by atoms with Gasteiger partial charge in [-0.1, -0.05) is 81.5 Å². The lowest BCUT2D eigenvalue weighted by atomic mass is 9.83. The van der Waals surface area contributed by atoms with Crippen LogP contribution >= 0.6 is 0 Å². The van der Waals surface area contributed by atoms with E-state index >= 15 is 0 Å². The Morgan fingerprint density at radius 2 is 1.30 bits per heavy atom. The lowest BCUT2D eigenvalue weighted by Crippen LogP contribution is -2.45. The van der Waals surface area contributed by atoms with E-state index in [1.54, 1.807) is 7.11 Å². The van der Waals surface area contributed by atoms with Crippen molar-refractivity contribution in [3.05, 3.63) is 60.8 Å². The van der Waals surface area contributed by atoms with Crippen LogP contribution in [0.1, 0.15) is 91.4 Å². The van der Waals surface area contributed by atoms with Gasteiger partial charge in [0.2, 0.25) is 5.91 Å². The van der Waals surface area contributed by atoms with Gasteiger partial charge in [-0.05, 0) is 70.6 Å². The third kappa shape index (κ3) is 14.1. The van der Waals surface area contributed by atoms with E-state index in [-0.39, 0.29) is 11.5 Å². The highest BCUT2D eigenvalue weighted by Crippen LogP contribution is 2.29. The quantitative estimate of drug-likeness (QED) is 0.221. The molecule has 0 aromatic heterocycles. The van der Waals surface area contributed by atoms with E-state index in [1.165, 1.54) is 6.42 Å². The average molecular weight is 456 g/mol. The molecule has 0 aromatic carbocycles. The molecule has 0 aliphatic carbocycles. The molecule has 1 unspecified atom stereocenters. The molecular formula is C30H49NO2. The lowest BCUT2D eigenvalue weighted by molar-refractivity contribution is -0.143. The Morgan fingerprint density at radius 3 is 1.79 bits per heavy atom. The molecule has 3 nitrogen and oxygen atoms in total. The maximum absolute atomic E-state index is 12.9. The number of nitrogens with zero attached hydrogens (tertiary/aromatic N) is 1. The zero-order valence-electron chi connectivity index (χ0n) is 21.8. The predicted molar refractivity (Wildman–Crippen MR) is 143 cm³/mol. The summed E-state index contributed by atoms with van der Waals surface area (Å²) in [7, 11) is 1.77. The summed E-state index contributed by atoms with van der Waals surface area (Å²) in [5.41, 5.74) is -0.361. The number of likely N-dealkylation sites (tertiary alicyclic amines) is 1. The molecule has 0 radical (unpaired) electrons. The molecule has 0 aromatic rings. The molecule has 0 N–H and O–H groups in total. The van der Waals surface area contributed by atoms with E-state index in [9.17, 15) is 4.79 Å². The summed E-state index contributed by atoms with van der Waals surface area (Å²) in [6.45, 7) is 8.14. The first-order valence-electron chi connectivity index (χ1n) is 13.1. The van der Waals surface area contributed by atoms with Crippen molar-refractivity contribution in [2.24, 2.45) is 5.41 Å². The number of hydrogen-bond acceptors (Lipinski definition) is 2. The summed E-state index contributed by atoms with van der Waals surface area (Å²) in [6, 6.07) is 0. The fourth-order valence-corrected chi connectivity index (χ4v) is 4.14. The maximum Gasteiger partial charge on any atom is 0.228 e. The normalized spacial score (nSPS) is 16.9. The van der Waals surface area contributed by atoms with Crippen molar-refractivity contribution in [1.82, 2.24) is 4.90 Å². The van der Waals surface area contributed by atoms with Gasteiger partial charge in [0.05, 0.1) is 6.10 Å². The van der Waals surface area contributed by atoms with E-state index in [1.807, 2.05) is 0 Å². The molecule has 186 valence electrons. The highest BCUT2D eigenvalue weighted by molar-refractivity contribution is 5.82. The van der Waals surface area contributed by atoms with Gasteiger partial charge in [-0.25, -0.2) is 0 Å². The number of rotatable bonds is 16. The summed E-state index contributed by atoms with van der Waals surface area (Å²) >= 11 is 0. The zero-order valence-corrected chi connectivity index (χ0v) is 21.8. The van der Waals surface area contributed by atoms with E-state index in [4.69, 9.17) is 4.74 Å². The molecule has 1 saturated heterocycles. The number of amides is 1. The molecule has 1 aliphatic rings. The maximum atomic E-state index is 12.9. The SMILES string of the molecule is CC/C=C\C/C=C\C/C=C\C/C=C\C/C=C\CCC(CC(C)(C)C(=O)N1CCCCC1)OC. The molecule has 0 bridgehead atoms. The molecule has 1 aliphatic heterocycles. The van der Waals surface area contributed by atoms with E-state index in [2.05, 4.69) is 86.4 Å². The molecule has 1 fully saturated rings. The molecule has 33 heavy (non-hydrogen) atoms. The third-order valence-corrected chi connectivity index (χ3v) is 6.11. The van der Waals surface area contributed by atoms with Crippen molar-refractivity contribution >= 4 is 5.91 Å². The van der Waals surface area contributed by atoms with Crippen LogP contribution in [0.25, 0.3) is 0 Å². The Hall–Kier alpha value is -1.87. The van der Waals surface area contributed by atoms with Gasteiger partial charge in [-0.15, -0.1) is 0 Å². The van der Waals surface area contributed by atoms with Crippen molar-refractivity contribution in [3.63, 3.8) is 0 Å². The minimum absolute atomic E-state index is 0.121. The lowest BCUT2D eigenvalue weighted by Gasteiger charge is -2.36. The van der Waals surface area contributed by atoms with Crippen molar-refractivity contribution in [3.8, 4) is 0 Å². The minimum Gasteiger partial charge on any atom is -0.381 e. The Labute approximate surface area is 204 Å². The molecule has 1 rings (SSSR count). The summed E-state index contributed by atoms with van der Waals surface area (Å²) in [5.74, 6) is 0.291. The van der Waals surface area contributed by atoms with Gasteiger partial charge in [0.25, 0.3) is 0 Å². The van der Waals surface area contributed by atoms with Crippen molar-refractivity contribution in [2.75, 3.05) is 20.2 Å². The van der Waals surface area contributed by atoms with E-state index in [0.717, 1.165) is 77.3 Å². The van der Waals surface area contributed by atoms with Gasteiger partial charge in [-0.3, -0.25) is 4.79 Å². The van der Waals surface area contributed by atoms with Crippen LogP contribution in [0.5, 0.6) is 0 Å². The van der Waals surface area contributed by atoms with Crippen LogP contribution in [0.2, 0.25) is 0 Å². The number of carbonyl (C=O) groups excluding carboxylic acids is 1. The van der Waals surface area contributed by atoms with Crippen LogP contribution in [0, 0.1) is 5.41 Å². The van der Waals surface area contributed by atoms with Gasteiger partial charge in [0.1, 0.15) is 0 Å². The number of allylic oxidation sites excluding steroid dienone is 10. The number of ether oxygens (including phenoxy) is 1. The van der Waals surface area contributed by atoms with E-state index in [0.29, 0.717) is 5.91 Å². The van der Waals surface area contributed by atoms with Crippen molar-refractivity contribution in [2.45, 2.75) is 97.5 Å². The van der Waals surface area contributed by atoms with Gasteiger partial charge >= 0.3 is 0 Å². The van der Waals surface area contributed by atoms with Crippen LogP contribution in [0.15, 0.2) is 60.8 Å². The van der Waals surface area contributed by atoms with Crippen LogP contribution in [-0.2, 0) is 9.53 Å². The standard InChI is InChI=1S/C30H49NO2/c1-5-6-7-8-9-10-11-12-13-14-15-16-17-18-19-21-24-28(33-4)27-30(2,3)29(32)31-25-22-20-23-26-31/h6-7,9-10,12-13,15-16,18-19,28H,5,8,11,14,17,20-27H2,1-4H3/b7-6-,10-9-,13-12-,16-15-,19-18-. The Bertz CT molecular complexity index is 648. The van der Waals surface area contributed by atoms with Crippen LogP contribution < -0.4 is 0 Å². The molecule has 0 saturated carbocycles. The van der Waals surface area contributed by atoms with Crippen molar-refractivity contribution in [1.29, 1.82) is 0 Å². The third-order valence-electron chi connectivity index (χ3n) is 6.11. The van der Waals surface area contributed by atoms with Crippen molar-refractivity contribution < 1.29 is 9.53 Å². The van der Waals surface area contributed by atoms with Crippen LogP contribution in [0.4, 0.5) is 0 Å². The zero-order chi connectivity index (χ0) is 24.2. The summed E-state index contributed by atoms with van der Waals surface area (Å²) in [4.78, 5) is 15.0. The first-order valence-corrected chi connectivity index (χ1v) is 13.1. The second-order valence-corrected chi connectivity index (χ2v) is 9.58. The number of methoxy groups -OCH3 is 1. The van der Waals surface area contributed by atoms with Crippen LogP contribution in [0.3, 0.4) is 0 Å². The second-order valence-electron chi connectivity index (χ2n) is 9.58. The topological polar surface area (TPSA) is 29.5 Å². The van der Waals surface area contributed by atoms with Gasteiger partial charge in [-0.2, -0.15) is 0 Å². The Balaban J connectivity index is 2.19. The molecule has 1 heterocycles. The predicted octanol–water partition coefficient (Wildman–Crippen LogP) is 7.96. The molecule has 0 spiro atoms. The Kier molecular flexibility index (Phi) is 16.4. The average Bonchev–Trinajstić information content (AvgIpc) is 2.83. The molecule has 3 heteroatoms. The second kappa shape index (κ2) is 18.5. The fourth-order valence-electron chi connectivity index (χ4n) is 4.14. The summed E-state index contributed by atoms with van der Waals surface area (Å²) < 4.78 is 5.71. The monoisotopic (exact) mass is 455 g/mol. The highest BCUT2D eigenvalue weighted by Gasteiger charge is 2.34. The molecular weight excluding hydrogens is 406 g/mol. The Morgan fingerprint density at radius 1 is 0.818 bits per heavy atom. The number of carbonyl (C=O) groups is 1. The number of piperidine rings is 1. The smallest absolute Gasteiger partial charge is 0.228 e. The summed E-state index contributed by atoms with van der Waals surface area (Å²) in [5, 5.41) is 0. The number of hydrogen-bond donors (Lipinski definition) is 0. The van der Waals surface area contributed by atoms with E-state index < -0.39 is 0 Å². The minimum atomic E-state index is -0.361.